The highest BCUT2D eigenvalue weighted by Crippen LogP contribution is 2.48. The monoisotopic (exact) mass is 457 g/mol. The van der Waals surface area contributed by atoms with Gasteiger partial charge in [0.25, 0.3) is 0 Å². The Hall–Kier alpha value is -2.92. The highest BCUT2D eigenvalue weighted by Gasteiger charge is 2.63. The number of nitriles is 1. The lowest BCUT2D eigenvalue weighted by atomic mass is 10.1. The number of allylic oxidation sites excluding steroid dienone is 2. The van der Waals surface area contributed by atoms with E-state index in [1.54, 1.807) is 0 Å². The lowest BCUT2D eigenvalue weighted by molar-refractivity contribution is -0.168. The second kappa shape index (κ2) is 9.14. The van der Waals surface area contributed by atoms with E-state index in [0.29, 0.717) is 30.1 Å². The van der Waals surface area contributed by atoms with Gasteiger partial charge in [0.05, 0.1) is 11.1 Å². The number of rotatable bonds is 8. The molecule has 2 saturated carbocycles. The molecule has 33 heavy (non-hydrogen) atoms. The van der Waals surface area contributed by atoms with Crippen molar-refractivity contribution in [3.05, 3.63) is 59.1 Å². The van der Waals surface area contributed by atoms with E-state index in [9.17, 15) is 18.4 Å². The number of hydrazine groups is 1. The van der Waals surface area contributed by atoms with Crippen LogP contribution >= 0.6 is 0 Å². The number of nitrogens with one attached hydrogen (secondary N) is 2. The van der Waals surface area contributed by atoms with Crippen LogP contribution in [0.5, 0.6) is 0 Å². The topological polar surface area (TPSA) is 78.8 Å². The standard InChI is InChI=1S/C25H30F3N5/c1-17-10-11-20-21(16-30)22(33(23(20)14-17)19-7-3-4-8-19)9-5-2-6-18(15-29)31-32-24(12-13-24)25(26,27)28/h2,5,10-11,14-15,19,31-32H,3-4,6-9,12-13,29H2,1H3/b5-2-,18-15+. The maximum absolute atomic E-state index is 13.1. The Morgan fingerprint density at radius 2 is 2.00 bits per heavy atom. The summed E-state index contributed by atoms with van der Waals surface area (Å²) in [5.74, 6) is 0. The molecule has 0 bridgehead atoms. The van der Waals surface area contributed by atoms with Gasteiger partial charge in [0.1, 0.15) is 11.6 Å². The van der Waals surface area contributed by atoms with Crippen LogP contribution in [0.15, 0.2) is 42.2 Å². The minimum absolute atomic E-state index is 0.0549. The summed E-state index contributed by atoms with van der Waals surface area (Å²) in [4.78, 5) is 0. The first-order valence-corrected chi connectivity index (χ1v) is 11.5. The normalized spacial score (nSPS) is 18.8. The van der Waals surface area contributed by atoms with Crippen LogP contribution in [-0.4, -0.2) is 16.3 Å². The van der Waals surface area contributed by atoms with Gasteiger partial charge in [0.2, 0.25) is 0 Å². The van der Waals surface area contributed by atoms with Crippen LogP contribution in [0.3, 0.4) is 0 Å². The quantitative estimate of drug-likeness (QED) is 0.366. The van der Waals surface area contributed by atoms with Crippen molar-refractivity contribution < 1.29 is 13.2 Å². The van der Waals surface area contributed by atoms with Gasteiger partial charge in [-0.2, -0.15) is 18.4 Å². The van der Waals surface area contributed by atoms with Crippen molar-refractivity contribution in [3.8, 4) is 6.07 Å². The second-order valence-electron chi connectivity index (χ2n) is 9.16. The molecule has 2 aliphatic rings. The molecule has 0 amide bonds. The molecular weight excluding hydrogens is 427 g/mol. The lowest BCUT2D eigenvalue weighted by Gasteiger charge is -2.22. The van der Waals surface area contributed by atoms with Crippen LogP contribution in [0.4, 0.5) is 13.2 Å². The third-order valence-corrected chi connectivity index (χ3v) is 6.83. The Balaban J connectivity index is 1.49. The lowest BCUT2D eigenvalue weighted by Crippen LogP contribution is -2.51. The zero-order valence-corrected chi connectivity index (χ0v) is 18.8. The molecule has 2 aromatic rings. The van der Waals surface area contributed by atoms with Gasteiger partial charge in [-0.15, -0.1) is 0 Å². The van der Waals surface area contributed by atoms with Crippen molar-refractivity contribution in [3.63, 3.8) is 0 Å². The fraction of sp³-hybridized carbons (Fsp3) is 0.480. The number of hydrogen-bond acceptors (Lipinski definition) is 4. The SMILES string of the molecule is Cc1ccc2c(C#N)c(C/C=C\C/C(=C\N)NNC3(C(F)(F)F)CC3)n(C3CCCC3)c2c1. The minimum atomic E-state index is -4.30. The van der Waals surface area contributed by atoms with Gasteiger partial charge in [0.15, 0.2) is 0 Å². The van der Waals surface area contributed by atoms with E-state index in [0.717, 1.165) is 35.0 Å². The zero-order valence-electron chi connectivity index (χ0n) is 18.8. The molecule has 1 aromatic carbocycles. The van der Waals surface area contributed by atoms with Crippen LogP contribution < -0.4 is 16.6 Å². The van der Waals surface area contributed by atoms with E-state index in [4.69, 9.17) is 5.73 Å². The largest absolute Gasteiger partial charge is 0.408 e. The van der Waals surface area contributed by atoms with E-state index < -0.39 is 11.7 Å². The Bertz CT molecular complexity index is 1110. The molecule has 2 fully saturated rings. The van der Waals surface area contributed by atoms with Crippen LogP contribution in [0.2, 0.25) is 0 Å². The molecule has 2 aliphatic carbocycles. The van der Waals surface area contributed by atoms with Crippen molar-refractivity contribution in [2.45, 2.75) is 76.0 Å². The predicted molar refractivity (Wildman–Crippen MR) is 123 cm³/mol. The Labute approximate surface area is 192 Å². The first-order chi connectivity index (χ1) is 15.8. The van der Waals surface area contributed by atoms with Crippen LogP contribution in [0.25, 0.3) is 10.9 Å². The molecule has 0 atom stereocenters. The Morgan fingerprint density at radius 3 is 2.61 bits per heavy atom. The highest BCUT2D eigenvalue weighted by atomic mass is 19.4. The third kappa shape index (κ3) is 4.60. The number of hydrogen-bond donors (Lipinski definition) is 3. The molecule has 1 heterocycles. The first kappa shape index (κ1) is 23.2. The van der Waals surface area contributed by atoms with E-state index in [1.165, 1.54) is 19.0 Å². The van der Waals surface area contributed by atoms with Gasteiger partial charge in [-0.1, -0.05) is 37.1 Å². The molecular formula is C25H30F3N5. The number of fused-ring (bicyclic) bond motifs is 1. The van der Waals surface area contributed by atoms with E-state index in [1.807, 2.05) is 24.3 Å². The van der Waals surface area contributed by atoms with E-state index in [2.05, 4.69) is 34.5 Å². The summed E-state index contributed by atoms with van der Waals surface area (Å²) in [5.41, 5.74) is 13.2. The fourth-order valence-corrected chi connectivity index (χ4v) is 4.75. The molecule has 4 N–H and O–H groups in total. The number of nitrogens with zero attached hydrogens (tertiary/aromatic N) is 2. The van der Waals surface area contributed by atoms with Gasteiger partial charge in [-0.05, 0) is 44.2 Å². The van der Waals surface area contributed by atoms with Crippen molar-refractivity contribution in [1.82, 2.24) is 15.4 Å². The maximum Gasteiger partial charge on any atom is 0.408 e. The molecule has 4 rings (SSSR count). The van der Waals surface area contributed by atoms with Gasteiger partial charge in [0, 0.05) is 41.9 Å². The number of benzene rings is 1. The first-order valence-electron chi connectivity index (χ1n) is 11.5. The van der Waals surface area contributed by atoms with Gasteiger partial charge < -0.3 is 15.7 Å². The van der Waals surface area contributed by atoms with Crippen molar-refractivity contribution in [1.29, 1.82) is 5.26 Å². The molecule has 0 saturated heterocycles. The zero-order chi connectivity index (χ0) is 23.6. The smallest absolute Gasteiger partial charge is 0.403 e. The third-order valence-electron chi connectivity index (χ3n) is 6.83. The number of alkyl halides is 3. The number of aromatic nitrogens is 1. The van der Waals surface area contributed by atoms with E-state index in [-0.39, 0.29) is 12.8 Å². The summed E-state index contributed by atoms with van der Waals surface area (Å²) in [6.07, 6.45) is 6.47. The Morgan fingerprint density at radius 1 is 1.27 bits per heavy atom. The van der Waals surface area contributed by atoms with Gasteiger partial charge in [-0.3, -0.25) is 0 Å². The van der Waals surface area contributed by atoms with Gasteiger partial charge >= 0.3 is 6.18 Å². The maximum atomic E-state index is 13.1. The summed E-state index contributed by atoms with van der Waals surface area (Å²) in [7, 11) is 0. The number of nitrogens with two attached hydrogens (primary N) is 1. The molecule has 176 valence electrons. The number of halogens is 3. The van der Waals surface area contributed by atoms with Crippen molar-refractivity contribution >= 4 is 10.9 Å². The predicted octanol–water partition coefficient (Wildman–Crippen LogP) is 5.41. The molecule has 1 aromatic heterocycles. The second-order valence-corrected chi connectivity index (χ2v) is 9.16. The summed E-state index contributed by atoms with van der Waals surface area (Å²) in [6.45, 7) is 2.06. The fourth-order valence-electron chi connectivity index (χ4n) is 4.75. The summed E-state index contributed by atoms with van der Waals surface area (Å²) >= 11 is 0. The summed E-state index contributed by atoms with van der Waals surface area (Å²) in [6, 6.07) is 9.01. The molecule has 0 radical (unpaired) electrons. The molecule has 5 nitrogen and oxygen atoms in total. The van der Waals surface area contributed by atoms with Crippen LogP contribution in [0.1, 0.15) is 67.8 Å². The highest BCUT2D eigenvalue weighted by molar-refractivity contribution is 5.89. The molecule has 8 heteroatoms. The summed E-state index contributed by atoms with van der Waals surface area (Å²) < 4.78 is 41.6. The average Bonchev–Trinajstić information content (AvgIpc) is 3.28. The number of aryl methyl sites for hydroxylation is 1. The van der Waals surface area contributed by atoms with Gasteiger partial charge in [-0.25, -0.2) is 5.43 Å². The van der Waals surface area contributed by atoms with E-state index >= 15 is 0 Å². The summed E-state index contributed by atoms with van der Waals surface area (Å²) in [5, 5.41) is 10.9. The van der Waals surface area contributed by atoms with Crippen LogP contribution in [0, 0.1) is 18.3 Å². The minimum Gasteiger partial charge on any atom is -0.403 e. The molecule has 0 spiro atoms. The van der Waals surface area contributed by atoms with Crippen molar-refractivity contribution in [2.75, 3.05) is 0 Å². The Kier molecular flexibility index (Phi) is 6.44. The van der Waals surface area contributed by atoms with Crippen LogP contribution in [-0.2, 0) is 6.42 Å². The molecule has 0 unspecified atom stereocenters. The van der Waals surface area contributed by atoms with Crippen molar-refractivity contribution in [2.24, 2.45) is 5.73 Å². The molecule has 0 aliphatic heterocycles. The average molecular weight is 458 g/mol.